The van der Waals surface area contributed by atoms with Gasteiger partial charge in [0.15, 0.2) is 0 Å². The van der Waals surface area contributed by atoms with Gasteiger partial charge in [0, 0.05) is 18.2 Å². The lowest BCUT2D eigenvalue weighted by molar-refractivity contribution is 0.391. The summed E-state index contributed by atoms with van der Waals surface area (Å²) in [5, 5.41) is 0.0670. The number of nitrogens with zero attached hydrogens (tertiary/aromatic N) is 1. The van der Waals surface area contributed by atoms with E-state index in [1.807, 2.05) is 0 Å². The average molecular weight is 389 g/mol. The lowest BCUT2D eigenvalue weighted by Gasteiger charge is -2.22. The molecule has 1 aliphatic rings. The maximum absolute atomic E-state index is 14.0. The minimum absolute atomic E-state index is 0.0670. The normalized spacial score (nSPS) is 14.7. The van der Waals surface area contributed by atoms with Crippen molar-refractivity contribution < 1.29 is 12.8 Å². The van der Waals surface area contributed by atoms with E-state index in [-0.39, 0.29) is 33.9 Å². The van der Waals surface area contributed by atoms with Crippen molar-refractivity contribution in [1.82, 2.24) is 14.3 Å². The van der Waals surface area contributed by atoms with Gasteiger partial charge in [0.2, 0.25) is 10.0 Å². The Hall–Kier alpha value is -2.78. The number of rotatable bonds is 5. The van der Waals surface area contributed by atoms with Gasteiger partial charge in [-0.3, -0.25) is 9.78 Å². The van der Waals surface area contributed by atoms with E-state index >= 15 is 0 Å². The first-order valence-electron chi connectivity index (χ1n) is 8.38. The highest BCUT2D eigenvalue weighted by atomic mass is 32.2. The Morgan fingerprint density at radius 3 is 2.52 bits per heavy atom. The van der Waals surface area contributed by atoms with E-state index < -0.39 is 27.1 Å². The van der Waals surface area contributed by atoms with E-state index in [4.69, 9.17) is 0 Å². The van der Waals surface area contributed by atoms with Crippen molar-refractivity contribution in [3.63, 3.8) is 0 Å². The fraction of sp³-hybridized carbons (Fsp3) is 0.222. The Balaban J connectivity index is 1.78. The molecule has 1 heterocycles. The van der Waals surface area contributed by atoms with Gasteiger partial charge in [-0.2, -0.15) is 4.31 Å². The monoisotopic (exact) mass is 389 g/mol. The Morgan fingerprint density at radius 1 is 1.07 bits per heavy atom. The van der Waals surface area contributed by atoms with Crippen LogP contribution in [-0.4, -0.2) is 28.7 Å². The summed E-state index contributed by atoms with van der Waals surface area (Å²) < 4.78 is 41.6. The van der Waals surface area contributed by atoms with Crippen molar-refractivity contribution >= 4 is 20.9 Å². The molecule has 4 rings (SSSR count). The van der Waals surface area contributed by atoms with Crippen LogP contribution < -0.4 is 11.2 Å². The number of H-pyrrole nitrogens is 2. The SMILES string of the molecule is O=c1[nH]c(=O)c2cc(S(=O)(=O)N(Cc3ccccc3F)C3CC3)ccc2[nH]1. The second kappa shape index (κ2) is 6.43. The first kappa shape index (κ1) is 17.6. The Labute approximate surface area is 153 Å². The van der Waals surface area contributed by atoms with Crippen LogP contribution in [0.2, 0.25) is 0 Å². The number of benzene rings is 2. The van der Waals surface area contributed by atoms with Gasteiger partial charge in [0.25, 0.3) is 5.56 Å². The first-order chi connectivity index (χ1) is 12.9. The molecule has 7 nitrogen and oxygen atoms in total. The molecular weight excluding hydrogens is 373 g/mol. The maximum atomic E-state index is 14.0. The predicted octanol–water partition coefficient (Wildman–Crippen LogP) is 1.71. The van der Waals surface area contributed by atoms with Crippen molar-refractivity contribution in [1.29, 1.82) is 0 Å². The Morgan fingerprint density at radius 2 is 1.81 bits per heavy atom. The molecule has 1 fully saturated rings. The van der Waals surface area contributed by atoms with Gasteiger partial charge < -0.3 is 4.98 Å². The summed E-state index contributed by atoms with van der Waals surface area (Å²) in [6.07, 6.45) is 1.41. The Kier molecular flexibility index (Phi) is 4.20. The van der Waals surface area contributed by atoms with Gasteiger partial charge in [-0.25, -0.2) is 17.6 Å². The van der Waals surface area contributed by atoms with Gasteiger partial charge in [-0.1, -0.05) is 18.2 Å². The van der Waals surface area contributed by atoms with Crippen LogP contribution in [0.1, 0.15) is 18.4 Å². The van der Waals surface area contributed by atoms with Crippen molar-refractivity contribution in [2.24, 2.45) is 0 Å². The van der Waals surface area contributed by atoms with Gasteiger partial charge in [-0.05, 0) is 37.1 Å². The molecule has 3 aromatic rings. The number of hydrogen-bond acceptors (Lipinski definition) is 4. The molecule has 2 aromatic carbocycles. The summed E-state index contributed by atoms with van der Waals surface area (Å²) in [4.78, 5) is 27.8. The number of nitrogens with one attached hydrogen (secondary N) is 2. The third-order valence-electron chi connectivity index (χ3n) is 4.56. The molecule has 1 saturated carbocycles. The van der Waals surface area contributed by atoms with E-state index in [9.17, 15) is 22.4 Å². The second-order valence-corrected chi connectivity index (χ2v) is 8.38. The van der Waals surface area contributed by atoms with Gasteiger partial charge in [-0.15, -0.1) is 0 Å². The molecule has 9 heteroatoms. The molecule has 2 N–H and O–H groups in total. The van der Waals surface area contributed by atoms with Crippen LogP contribution in [0.3, 0.4) is 0 Å². The molecule has 0 amide bonds. The number of fused-ring (bicyclic) bond motifs is 1. The summed E-state index contributed by atoms with van der Waals surface area (Å²) in [7, 11) is -3.95. The van der Waals surface area contributed by atoms with Crippen molar-refractivity contribution in [2.75, 3.05) is 0 Å². The van der Waals surface area contributed by atoms with Crippen LogP contribution in [0.5, 0.6) is 0 Å². The highest BCUT2D eigenvalue weighted by Gasteiger charge is 2.38. The number of sulfonamides is 1. The van der Waals surface area contributed by atoms with Crippen LogP contribution in [0, 0.1) is 5.82 Å². The van der Waals surface area contributed by atoms with Crippen LogP contribution >= 0.6 is 0 Å². The molecule has 0 unspecified atom stereocenters. The van der Waals surface area contributed by atoms with Gasteiger partial charge in [0.05, 0.1) is 15.8 Å². The molecular formula is C18H16FN3O4S. The molecule has 27 heavy (non-hydrogen) atoms. The third kappa shape index (κ3) is 3.31. The third-order valence-corrected chi connectivity index (χ3v) is 6.45. The van der Waals surface area contributed by atoms with E-state index in [2.05, 4.69) is 9.97 Å². The van der Waals surface area contributed by atoms with E-state index in [1.54, 1.807) is 18.2 Å². The molecule has 140 valence electrons. The van der Waals surface area contributed by atoms with E-state index in [1.165, 1.54) is 28.6 Å². The summed E-state index contributed by atoms with van der Waals surface area (Å²) in [6.45, 7) is -0.0836. The van der Waals surface area contributed by atoms with Gasteiger partial charge >= 0.3 is 5.69 Å². The smallest absolute Gasteiger partial charge is 0.307 e. The van der Waals surface area contributed by atoms with Crippen molar-refractivity contribution in [3.05, 3.63) is 74.7 Å². The average Bonchev–Trinajstić information content (AvgIpc) is 3.45. The first-order valence-corrected chi connectivity index (χ1v) is 9.82. The standard InChI is InChI=1S/C18H16FN3O4S/c19-15-4-2-1-3-11(15)10-22(12-5-6-12)27(25,26)13-7-8-16-14(9-13)17(23)21-18(24)20-16/h1-4,7-9,12H,5-6,10H2,(H2,20,21,23,24). The van der Waals surface area contributed by atoms with Crippen LogP contribution in [-0.2, 0) is 16.6 Å². The van der Waals surface area contributed by atoms with E-state index in [0.717, 1.165) is 0 Å². The predicted molar refractivity (Wildman–Crippen MR) is 97.3 cm³/mol. The zero-order valence-electron chi connectivity index (χ0n) is 14.1. The fourth-order valence-corrected chi connectivity index (χ4v) is 4.70. The molecule has 0 bridgehead atoms. The lowest BCUT2D eigenvalue weighted by atomic mass is 10.2. The summed E-state index contributed by atoms with van der Waals surface area (Å²) in [5.74, 6) is -0.467. The molecule has 0 radical (unpaired) electrons. The molecule has 1 aliphatic carbocycles. The number of hydrogen-bond donors (Lipinski definition) is 2. The van der Waals surface area contributed by atoms with Crippen LogP contribution in [0.15, 0.2) is 56.9 Å². The lowest BCUT2D eigenvalue weighted by Crippen LogP contribution is -2.33. The quantitative estimate of drug-likeness (QED) is 0.693. The largest absolute Gasteiger partial charge is 0.326 e. The van der Waals surface area contributed by atoms with Gasteiger partial charge in [0.1, 0.15) is 5.82 Å². The topological polar surface area (TPSA) is 103 Å². The summed E-state index contributed by atoms with van der Waals surface area (Å²) in [5.41, 5.74) is -0.800. The highest BCUT2D eigenvalue weighted by Crippen LogP contribution is 2.34. The van der Waals surface area contributed by atoms with Crippen molar-refractivity contribution in [3.8, 4) is 0 Å². The number of halogens is 1. The van der Waals surface area contributed by atoms with Crippen LogP contribution in [0.4, 0.5) is 4.39 Å². The highest BCUT2D eigenvalue weighted by molar-refractivity contribution is 7.89. The fourth-order valence-electron chi connectivity index (χ4n) is 3.01. The molecule has 1 aromatic heterocycles. The molecule has 0 atom stereocenters. The number of aromatic amines is 2. The summed E-state index contributed by atoms with van der Waals surface area (Å²) in [6, 6.07) is 9.80. The van der Waals surface area contributed by atoms with E-state index in [0.29, 0.717) is 12.8 Å². The molecule has 0 spiro atoms. The Bertz CT molecular complexity index is 1250. The zero-order chi connectivity index (χ0) is 19.2. The second-order valence-electron chi connectivity index (χ2n) is 6.49. The molecule has 0 aliphatic heterocycles. The maximum Gasteiger partial charge on any atom is 0.326 e. The molecule has 0 saturated heterocycles. The zero-order valence-corrected chi connectivity index (χ0v) is 14.9. The van der Waals surface area contributed by atoms with Crippen LogP contribution in [0.25, 0.3) is 10.9 Å². The minimum atomic E-state index is -3.95. The minimum Gasteiger partial charge on any atom is -0.307 e. The summed E-state index contributed by atoms with van der Waals surface area (Å²) >= 11 is 0. The number of aromatic nitrogens is 2. The van der Waals surface area contributed by atoms with Crippen molar-refractivity contribution in [2.45, 2.75) is 30.3 Å².